The molecule has 1 aromatic heterocycles. The van der Waals surface area contributed by atoms with E-state index in [0.29, 0.717) is 16.5 Å². The molecule has 0 radical (unpaired) electrons. The van der Waals surface area contributed by atoms with Crippen LogP contribution in [0.25, 0.3) is 11.0 Å². The first-order valence-corrected chi connectivity index (χ1v) is 6.71. The van der Waals surface area contributed by atoms with E-state index in [0.717, 1.165) is 4.47 Å². The average Bonchev–Trinajstić information content (AvgIpc) is 2.72. The summed E-state index contributed by atoms with van der Waals surface area (Å²) in [5.74, 6) is -0.874. The van der Waals surface area contributed by atoms with Crippen LogP contribution < -0.4 is 5.32 Å². The summed E-state index contributed by atoms with van der Waals surface area (Å²) in [4.78, 5) is 11.9. The van der Waals surface area contributed by atoms with Gasteiger partial charge in [0.25, 0.3) is 5.91 Å². The monoisotopic (exact) mass is 365 g/mol. The molecule has 0 bridgehead atoms. The largest absolute Gasteiger partial charge is 0.451 e. The molecule has 4 nitrogen and oxygen atoms in total. The zero-order valence-corrected chi connectivity index (χ0v) is 12.4. The Morgan fingerprint density at radius 1 is 1.48 bits per heavy atom. The lowest BCUT2D eigenvalue weighted by Gasteiger charge is -2.14. The SMILES string of the molecule is Cc1c(C(=O)NCC(O)C(F)(F)F)oc2ccc(Br)cc12. The quantitative estimate of drug-likeness (QED) is 0.878. The molecule has 1 amide bonds. The van der Waals surface area contributed by atoms with Crippen molar-refractivity contribution in [2.45, 2.75) is 19.2 Å². The molecule has 0 saturated carbocycles. The van der Waals surface area contributed by atoms with Gasteiger partial charge in [-0.2, -0.15) is 13.2 Å². The van der Waals surface area contributed by atoms with Crippen molar-refractivity contribution in [2.75, 3.05) is 6.54 Å². The number of rotatable bonds is 3. The Kier molecular flexibility index (Phi) is 4.29. The number of halogens is 4. The molecule has 0 saturated heterocycles. The highest BCUT2D eigenvalue weighted by Gasteiger charge is 2.38. The molecule has 8 heteroatoms. The van der Waals surface area contributed by atoms with Gasteiger partial charge >= 0.3 is 6.18 Å². The van der Waals surface area contributed by atoms with E-state index in [1.165, 1.54) is 0 Å². The minimum absolute atomic E-state index is 0.0718. The minimum Gasteiger partial charge on any atom is -0.451 e. The summed E-state index contributed by atoms with van der Waals surface area (Å²) in [6.45, 7) is 0.704. The molecule has 0 aliphatic carbocycles. The van der Waals surface area contributed by atoms with Crippen molar-refractivity contribution < 1.29 is 27.5 Å². The number of fused-ring (bicyclic) bond motifs is 1. The molecule has 0 fully saturated rings. The van der Waals surface area contributed by atoms with Gasteiger partial charge in [0, 0.05) is 15.4 Å². The summed E-state index contributed by atoms with van der Waals surface area (Å²) in [6, 6.07) is 5.11. The first kappa shape index (κ1) is 15.8. The normalized spacial score (nSPS) is 13.4. The van der Waals surface area contributed by atoms with E-state index in [9.17, 15) is 18.0 Å². The van der Waals surface area contributed by atoms with E-state index in [4.69, 9.17) is 9.52 Å². The summed E-state index contributed by atoms with van der Waals surface area (Å²) >= 11 is 3.28. The van der Waals surface area contributed by atoms with Crippen LogP contribution in [0, 0.1) is 6.92 Å². The third-order valence-electron chi connectivity index (χ3n) is 2.94. The van der Waals surface area contributed by atoms with Gasteiger partial charge in [0.15, 0.2) is 11.9 Å². The highest BCUT2D eigenvalue weighted by molar-refractivity contribution is 9.10. The van der Waals surface area contributed by atoms with Crippen molar-refractivity contribution >= 4 is 32.8 Å². The van der Waals surface area contributed by atoms with Gasteiger partial charge in [-0.3, -0.25) is 4.79 Å². The van der Waals surface area contributed by atoms with E-state index in [-0.39, 0.29) is 5.76 Å². The van der Waals surface area contributed by atoms with Gasteiger partial charge < -0.3 is 14.8 Å². The fourth-order valence-corrected chi connectivity index (χ4v) is 2.16. The number of furan rings is 1. The van der Waals surface area contributed by atoms with Gasteiger partial charge in [0.05, 0.1) is 6.54 Å². The molecule has 1 unspecified atom stereocenters. The van der Waals surface area contributed by atoms with E-state index in [1.807, 2.05) is 5.32 Å². The van der Waals surface area contributed by atoms with Crippen LogP contribution in [0.2, 0.25) is 0 Å². The van der Waals surface area contributed by atoms with Crippen molar-refractivity contribution in [2.24, 2.45) is 0 Å². The topological polar surface area (TPSA) is 62.5 Å². The zero-order chi connectivity index (χ0) is 15.8. The number of hydrogen-bond acceptors (Lipinski definition) is 3. The lowest BCUT2D eigenvalue weighted by atomic mass is 10.1. The smallest absolute Gasteiger partial charge is 0.416 e. The molecule has 0 aliphatic heterocycles. The molecular formula is C13H11BrF3NO3. The second-order valence-corrected chi connectivity index (χ2v) is 5.38. The third-order valence-corrected chi connectivity index (χ3v) is 3.43. The summed E-state index contributed by atoms with van der Waals surface area (Å²) < 4.78 is 42.6. The number of aliphatic hydroxyl groups excluding tert-OH is 1. The van der Waals surface area contributed by atoms with Gasteiger partial charge in [-0.15, -0.1) is 0 Å². The maximum atomic E-state index is 12.2. The maximum Gasteiger partial charge on any atom is 0.416 e. The van der Waals surface area contributed by atoms with Crippen LogP contribution in [0.3, 0.4) is 0 Å². The Labute approximate surface area is 126 Å². The van der Waals surface area contributed by atoms with Gasteiger partial charge in [-0.25, -0.2) is 0 Å². The molecule has 21 heavy (non-hydrogen) atoms. The van der Waals surface area contributed by atoms with Crippen molar-refractivity contribution in [3.63, 3.8) is 0 Å². The van der Waals surface area contributed by atoms with Crippen LogP contribution in [0.5, 0.6) is 0 Å². The summed E-state index contributed by atoms with van der Waals surface area (Å²) in [5, 5.41) is 11.5. The van der Waals surface area contributed by atoms with Crippen LogP contribution in [0.4, 0.5) is 13.2 Å². The van der Waals surface area contributed by atoms with Crippen molar-refractivity contribution in [1.29, 1.82) is 0 Å². The van der Waals surface area contributed by atoms with E-state index >= 15 is 0 Å². The molecular weight excluding hydrogens is 355 g/mol. The number of amides is 1. The van der Waals surface area contributed by atoms with Crippen molar-refractivity contribution in [3.05, 3.63) is 34.0 Å². The molecule has 114 valence electrons. The predicted octanol–water partition coefficient (Wildman–Crippen LogP) is 3.16. The number of benzene rings is 1. The van der Waals surface area contributed by atoms with Crippen LogP contribution in [0.15, 0.2) is 27.1 Å². The fourth-order valence-electron chi connectivity index (χ4n) is 1.80. The minimum atomic E-state index is -4.78. The Morgan fingerprint density at radius 2 is 2.14 bits per heavy atom. The van der Waals surface area contributed by atoms with Crippen molar-refractivity contribution in [3.8, 4) is 0 Å². The number of carbonyl (C=O) groups is 1. The van der Waals surface area contributed by atoms with E-state index in [1.54, 1.807) is 25.1 Å². The number of nitrogens with one attached hydrogen (secondary N) is 1. The standard InChI is InChI=1S/C13H11BrF3NO3/c1-6-8-4-7(14)2-3-9(8)21-11(6)12(20)18-5-10(19)13(15,16)17/h2-4,10,19H,5H2,1H3,(H,18,20). The first-order chi connectivity index (χ1) is 9.70. The lowest BCUT2D eigenvalue weighted by Crippen LogP contribution is -2.40. The molecule has 0 aliphatic rings. The highest BCUT2D eigenvalue weighted by Crippen LogP contribution is 2.28. The Balaban J connectivity index is 2.18. The Morgan fingerprint density at radius 3 is 2.76 bits per heavy atom. The Bertz CT molecular complexity index is 681. The van der Waals surface area contributed by atoms with Crippen LogP contribution in [0.1, 0.15) is 16.1 Å². The summed E-state index contributed by atoms with van der Waals surface area (Å²) in [5.41, 5.74) is 0.975. The fraction of sp³-hybridized carbons (Fsp3) is 0.308. The number of aryl methyl sites for hydroxylation is 1. The molecule has 2 rings (SSSR count). The molecule has 2 N–H and O–H groups in total. The van der Waals surface area contributed by atoms with Gasteiger partial charge in [-0.05, 0) is 25.1 Å². The van der Waals surface area contributed by atoms with Crippen LogP contribution in [-0.2, 0) is 0 Å². The maximum absolute atomic E-state index is 12.2. The zero-order valence-electron chi connectivity index (χ0n) is 10.8. The number of aliphatic hydroxyl groups is 1. The number of carbonyl (C=O) groups excluding carboxylic acids is 1. The number of alkyl halides is 3. The molecule has 1 atom stereocenters. The van der Waals surface area contributed by atoms with E-state index in [2.05, 4.69) is 15.9 Å². The van der Waals surface area contributed by atoms with Crippen LogP contribution >= 0.6 is 15.9 Å². The molecule has 2 aromatic rings. The summed E-state index contributed by atoms with van der Waals surface area (Å²) in [7, 11) is 0. The van der Waals surface area contributed by atoms with Crippen molar-refractivity contribution in [1.82, 2.24) is 5.32 Å². The van der Waals surface area contributed by atoms with Crippen LogP contribution in [-0.4, -0.2) is 29.8 Å². The first-order valence-electron chi connectivity index (χ1n) is 5.92. The summed E-state index contributed by atoms with van der Waals surface area (Å²) in [6.07, 6.45) is -7.39. The van der Waals surface area contributed by atoms with E-state index < -0.39 is 24.7 Å². The molecule has 0 spiro atoms. The van der Waals surface area contributed by atoms with Gasteiger partial charge in [0.2, 0.25) is 0 Å². The number of hydrogen-bond donors (Lipinski definition) is 2. The third kappa shape index (κ3) is 3.38. The van der Waals surface area contributed by atoms with Gasteiger partial charge in [-0.1, -0.05) is 15.9 Å². The average molecular weight is 366 g/mol. The predicted molar refractivity (Wildman–Crippen MR) is 73.0 cm³/mol. The molecule has 1 aromatic carbocycles. The highest BCUT2D eigenvalue weighted by atomic mass is 79.9. The Hall–Kier alpha value is -1.54. The lowest BCUT2D eigenvalue weighted by molar-refractivity contribution is -0.201. The second kappa shape index (κ2) is 5.69. The van der Waals surface area contributed by atoms with Gasteiger partial charge in [0.1, 0.15) is 5.58 Å². The molecule has 1 heterocycles. The second-order valence-electron chi connectivity index (χ2n) is 4.46.